The zero-order valence-electron chi connectivity index (χ0n) is 9.03. The number of hydrogen-bond donors (Lipinski definition) is 0. The van der Waals surface area contributed by atoms with Crippen LogP contribution in [-0.4, -0.2) is 16.6 Å². The van der Waals surface area contributed by atoms with Crippen molar-refractivity contribution >= 4 is 41.0 Å². The zero-order valence-corrected chi connectivity index (χ0v) is 11.3. The predicted molar refractivity (Wildman–Crippen MR) is 67.6 cm³/mol. The van der Waals surface area contributed by atoms with Crippen LogP contribution in [0, 0.1) is 0 Å². The molecule has 0 aliphatic heterocycles. The molecular formula is C11H11Cl3O3. The monoisotopic (exact) mass is 296 g/mol. The van der Waals surface area contributed by atoms with Crippen LogP contribution in [0.15, 0.2) is 30.3 Å². The van der Waals surface area contributed by atoms with Crippen molar-refractivity contribution in [1.29, 1.82) is 0 Å². The Morgan fingerprint density at radius 1 is 1.29 bits per heavy atom. The van der Waals surface area contributed by atoms with Gasteiger partial charge in [-0.15, -0.1) is 0 Å². The number of alkyl halides is 3. The molecule has 6 heteroatoms. The SMILES string of the molecule is CCOC(=O)OC(c1ccccc1)C(Cl)(Cl)Cl. The molecule has 0 heterocycles. The fourth-order valence-corrected chi connectivity index (χ4v) is 1.71. The van der Waals surface area contributed by atoms with E-state index in [1.165, 1.54) is 0 Å². The molecule has 1 rings (SSSR count). The maximum absolute atomic E-state index is 11.3. The molecule has 0 saturated heterocycles. The maximum atomic E-state index is 11.3. The van der Waals surface area contributed by atoms with Crippen LogP contribution in [0.2, 0.25) is 0 Å². The first-order valence-corrected chi connectivity index (χ1v) is 6.03. The Morgan fingerprint density at radius 3 is 2.35 bits per heavy atom. The van der Waals surface area contributed by atoms with Crippen LogP contribution in [0.1, 0.15) is 18.6 Å². The van der Waals surface area contributed by atoms with Gasteiger partial charge >= 0.3 is 6.16 Å². The highest BCUT2D eigenvalue weighted by Crippen LogP contribution is 2.42. The third-order valence-electron chi connectivity index (χ3n) is 1.88. The van der Waals surface area contributed by atoms with Crippen LogP contribution in [-0.2, 0) is 9.47 Å². The fourth-order valence-electron chi connectivity index (χ4n) is 1.20. The van der Waals surface area contributed by atoms with E-state index in [2.05, 4.69) is 4.74 Å². The Kier molecular flexibility index (Phi) is 5.37. The van der Waals surface area contributed by atoms with Crippen LogP contribution in [0.4, 0.5) is 4.79 Å². The number of benzene rings is 1. The highest BCUT2D eigenvalue weighted by molar-refractivity contribution is 6.68. The van der Waals surface area contributed by atoms with Crippen molar-refractivity contribution in [2.45, 2.75) is 16.8 Å². The quantitative estimate of drug-likeness (QED) is 0.617. The Bertz CT molecular complexity index is 362. The summed E-state index contributed by atoms with van der Waals surface area (Å²) in [5.74, 6) is 0. The molecule has 3 nitrogen and oxygen atoms in total. The fraction of sp³-hybridized carbons (Fsp3) is 0.364. The predicted octanol–water partition coefficient (Wildman–Crippen LogP) is 4.27. The minimum absolute atomic E-state index is 0.195. The first-order valence-electron chi connectivity index (χ1n) is 4.90. The lowest BCUT2D eigenvalue weighted by molar-refractivity contribution is 0.0267. The molecule has 0 aliphatic carbocycles. The molecule has 1 unspecified atom stereocenters. The van der Waals surface area contributed by atoms with Gasteiger partial charge in [0.25, 0.3) is 0 Å². The minimum atomic E-state index is -1.76. The van der Waals surface area contributed by atoms with Gasteiger partial charge in [0.15, 0.2) is 6.10 Å². The number of hydrogen-bond acceptors (Lipinski definition) is 3. The van der Waals surface area contributed by atoms with E-state index in [1.807, 2.05) is 6.07 Å². The second kappa shape index (κ2) is 6.34. The summed E-state index contributed by atoms with van der Waals surface area (Å²) in [5, 5.41) is 0. The van der Waals surface area contributed by atoms with Gasteiger partial charge in [0.2, 0.25) is 3.79 Å². The molecule has 1 aromatic carbocycles. The van der Waals surface area contributed by atoms with Gasteiger partial charge in [-0.3, -0.25) is 0 Å². The van der Waals surface area contributed by atoms with E-state index in [-0.39, 0.29) is 6.61 Å². The van der Waals surface area contributed by atoms with Gasteiger partial charge in [0.1, 0.15) is 0 Å². The average Bonchev–Trinajstić information content (AvgIpc) is 2.26. The molecule has 0 aromatic heterocycles. The van der Waals surface area contributed by atoms with E-state index in [1.54, 1.807) is 31.2 Å². The number of ether oxygens (including phenoxy) is 2. The van der Waals surface area contributed by atoms with Crippen molar-refractivity contribution < 1.29 is 14.3 Å². The lowest BCUT2D eigenvalue weighted by atomic mass is 10.1. The second-order valence-electron chi connectivity index (χ2n) is 3.13. The summed E-state index contributed by atoms with van der Waals surface area (Å²) < 4.78 is 7.88. The van der Waals surface area contributed by atoms with Gasteiger partial charge < -0.3 is 9.47 Å². The highest BCUT2D eigenvalue weighted by atomic mass is 35.6. The average molecular weight is 298 g/mol. The molecule has 0 N–H and O–H groups in total. The number of rotatable bonds is 3. The Morgan fingerprint density at radius 2 is 1.88 bits per heavy atom. The topological polar surface area (TPSA) is 35.5 Å². The second-order valence-corrected chi connectivity index (χ2v) is 5.50. The molecule has 1 aromatic rings. The summed E-state index contributed by atoms with van der Waals surface area (Å²) in [4.78, 5) is 11.3. The van der Waals surface area contributed by atoms with E-state index < -0.39 is 16.1 Å². The number of halogens is 3. The van der Waals surface area contributed by atoms with E-state index in [9.17, 15) is 4.79 Å². The normalized spacial score (nSPS) is 12.9. The molecule has 0 bridgehead atoms. The summed E-state index contributed by atoms with van der Waals surface area (Å²) in [6, 6.07) is 8.72. The van der Waals surface area contributed by atoms with Crippen LogP contribution in [0.3, 0.4) is 0 Å². The van der Waals surface area contributed by atoms with E-state index >= 15 is 0 Å². The summed E-state index contributed by atoms with van der Waals surface area (Å²) in [6.45, 7) is 1.86. The van der Waals surface area contributed by atoms with E-state index in [4.69, 9.17) is 39.5 Å². The Balaban J connectivity index is 2.87. The third-order valence-corrected chi connectivity index (χ3v) is 2.47. The molecule has 0 aliphatic rings. The van der Waals surface area contributed by atoms with Crippen LogP contribution < -0.4 is 0 Å². The minimum Gasteiger partial charge on any atom is -0.435 e. The highest BCUT2D eigenvalue weighted by Gasteiger charge is 2.37. The zero-order chi connectivity index (χ0) is 12.9. The maximum Gasteiger partial charge on any atom is 0.509 e. The van der Waals surface area contributed by atoms with Gasteiger partial charge in [-0.25, -0.2) is 4.79 Å². The van der Waals surface area contributed by atoms with Crippen molar-refractivity contribution in [3.63, 3.8) is 0 Å². The molecule has 0 radical (unpaired) electrons. The van der Waals surface area contributed by atoms with E-state index in [0.29, 0.717) is 5.56 Å². The van der Waals surface area contributed by atoms with Crippen molar-refractivity contribution in [3.8, 4) is 0 Å². The van der Waals surface area contributed by atoms with Gasteiger partial charge in [0, 0.05) is 0 Å². The number of carbonyl (C=O) groups is 1. The van der Waals surface area contributed by atoms with Gasteiger partial charge in [-0.05, 0) is 12.5 Å². The third kappa shape index (κ3) is 4.62. The Labute approximate surface area is 115 Å². The molecular weight excluding hydrogens is 286 g/mol. The summed E-state index contributed by atoms with van der Waals surface area (Å²) in [6.07, 6.45) is -1.87. The largest absolute Gasteiger partial charge is 0.509 e. The molecule has 17 heavy (non-hydrogen) atoms. The van der Waals surface area contributed by atoms with Crippen molar-refractivity contribution in [1.82, 2.24) is 0 Å². The van der Waals surface area contributed by atoms with Crippen molar-refractivity contribution in [3.05, 3.63) is 35.9 Å². The molecule has 1 atom stereocenters. The summed E-state index contributed by atoms with van der Waals surface area (Å²) in [7, 11) is 0. The van der Waals surface area contributed by atoms with Crippen LogP contribution in [0.25, 0.3) is 0 Å². The molecule has 0 amide bonds. The smallest absolute Gasteiger partial charge is 0.435 e. The van der Waals surface area contributed by atoms with Crippen LogP contribution >= 0.6 is 34.8 Å². The summed E-state index contributed by atoms with van der Waals surface area (Å²) >= 11 is 17.3. The first kappa shape index (κ1) is 14.4. The lowest BCUT2D eigenvalue weighted by Crippen LogP contribution is -2.24. The molecule has 0 spiro atoms. The first-order chi connectivity index (χ1) is 7.95. The van der Waals surface area contributed by atoms with Gasteiger partial charge in [0.05, 0.1) is 6.61 Å². The van der Waals surface area contributed by atoms with Crippen molar-refractivity contribution in [2.75, 3.05) is 6.61 Å². The van der Waals surface area contributed by atoms with Crippen LogP contribution in [0.5, 0.6) is 0 Å². The van der Waals surface area contributed by atoms with Gasteiger partial charge in [-0.2, -0.15) is 0 Å². The summed E-state index contributed by atoms with van der Waals surface area (Å²) in [5.41, 5.74) is 0.584. The number of carbonyl (C=O) groups excluding carboxylic acids is 1. The van der Waals surface area contributed by atoms with Crippen molar-refractivity contribution in [2.24, 2.45) is 0 Å². The molecule has 0 saturated carbocycles. The van der Waals surface area contributed by atoms with E-state index in [0.717, 1.165) is 0 Å². The lowest BCUT2D eigenvalue weighted by Gasteiger charge is -2.24. The Hall–Kier alpha value is -0.640. The standard InChI is InChI=1S/C11H11Cl3O3/c1-2-16-10(15)17-9(11(12,13)14)8-6-4-3-5-7-8/h3-7,9H,2H2,1H3. The molecule has 94 valence electrons. The van der Waals surface area contributed by atoms with Gasteiger partial charge in [-0.1, -0.05) is 65.1 Å². The molecule has 0 fully saturated rings.